The van der Waals surface area contributed by atoms with Crippen LogP contribution in [0.4, 0.5) is 5.69 Å². The van der Waals surface area contributed by atoms with Crippen molar-refractivity contribution in [1.82, 2.24) is 10.6 Å². The van der Waals surface area contributed by atoms with Crippen molar-refractivity contribution in [3.8, 4) is 0 Å². The van der Waals surface area contributed by atoms with Gasteiger partial charge in [0.05, 0.1) is 22.3 Å². The average Bonchev–Trinajstić information content (AvgIpc) is 3.14. The largest absolute Gasteiger partial charge is 0.356 e. The first-order chi connectivity index (χ1) is 16.3. The van der Waals surface area contributed by atoms with Crippen LogP contribution < -0.4 is 15.6 Å². The molecule has 10 heteroatoms. The molecule has 2 amide bonds. The number of nitrogens with one attached hydrogen (secondary N) is 2. The Labute approximate surface area is 225 Å². The van der Waals surface area contributed by atoms with Crippen molar-refractivity contribution in [3.63, 3.8) is 0 Å². The van der Waals surface area contributed by atoms with Crippen LogP contribution in [-0.4, -0.2) is 34.5 Å². The number of hydrogen-bond donors (Lipinski definition) is 2. The van der Waals surface area contributed by atoms with E-state index in [1.54, 1.807) is 17.1 Å². The molecule has 0 fully saturated rings. The molecule has 7 nitrogen and oxygen atoms in total. The molecule has 1 aliphatic heterocycles. The van der Waals surface area contributed by atoms with E-state index in [1.807, 2.05) is 35.6 Å². The lowest BCUT2D eigenvalue weighted by molar-refractivity contribution is -0.122. The lowest BCUT2D eigenvalue weighted by Gasteiger charge is -2.14. The van der Waals surface area contributed by atoms with E-state index in [0.717, 1.165) is 44.2 Å². The molecule has 0 saturated heterocycles. The van der Waals surface area contributed by atoms with Crippen molar-refractivity contribution in [2.45, 2.75) is 71.1 Å². The van der Waals surface area contributed by atoms with Gasteiger partial charge in [-0.1, -0.05) is 55.8 Å². The van der Waals surface area contributed by atoms with Gasteiger partial charge in [-0.3, -0.25) is 19.4 Å². The van der Waals surface area contributed by atoms with Gasteiger partial charge in [0, 0.05) is 31.7 Å². The highest BCUT2D eigenvalue weighted by Gasteiger charge is 2.25. The van der Waals surface area contributed by atoms with Crippen LogP contribution in [0.3, 0.4) is 0 Å². The average molecular weight is 623 g/mol. The number of hydrogen-bond acceptors (Lipinski definition) is 5. The van der Waals surface area contributed by atoms with Crippen LogP contribution in [0.15, 0.2) is 23.3 Å². The summed E-state index contributed by atoms with van der Waals surface area (Å²) in [6.45, 7) is 3.12. The minimum Gasteiger partial charge on any atom is -0.356 e. The number of nitrogens with zero attached hydrogens (tertiary/aromatic N) is 2. The van der Waals surface area contributed by atoms with E-state index in [9.17, 15) is 14.4 Å². The normalized spacial score (nSPS) is 15.2. The molecule has 1 aromatic carbocycles. The fourth-order valence-corrected chi connectivity index (χ4v) is 4.27. The predicted molar refractivity (Wildman–Crippen MR) is 147 cm³/mol. The van der Waals surface area contributed by atoms with Crippen LogP contribution in [0.25, 0.3) is 0 Å². The van der Waals surface area contributed by atoms with E-state index in [4.69, 9.17) is 23.2 Å². The number of halogens is 3. The van der Waals surface area contributed by atoms with Gasteiger partial charge in [-0.2, -0.15) is 5.10 Å². The van der Waals surface area contributed by atoms with Crippen molar-refractivity contribution in [2.75, 3.05) is 18.1 Å². The molecule has 2 rings (SSSR count). The quantitative estimate of drug-likeness (QED) is 0.155. The van der Waals surface area contributed by atoms with Crippen molar-refractivity contribution < 1.29 is 14.4 Å². The second kappa shape index (κ2) is 15.6. The number of unbranched alkanes of at least 4 members (excludes halogenated alkanes) is 5. The lowest BCUT2D eigenvalue weighted by atomic mass is 10.1. The van der Waals surface area contributed by atoms with E-state index in [0.29, 0.717) is 54.7 Å². The number of hydrazone groups is 1. The molecule has 2 N–H and O–H groups in total. The maximum Gasteiger partial charge on any atom is 0.225 e. The summed E-state index contributed by atoms with van der Waals surface area (Å²) in [5.74, 6) is 0.620. The SMILES string of the molecule is CC1CN(c2ccc(Cl)c(Cl)c2)N=C1NC(=O)CCCNC(=O)CCCCCCCCC(=O)I. The summed E-state index contributed by atoms with van der Waals surface area (Å²) in [4.78, 5) is 35.1. The minimum absolute atomic E-state index is 0.0296. The zero-order valence-electron chi connectivity index (χ0n) is 19.5. The fraction of sp³-hybridized carbons (Fsp3) is 0.583. The molecule has 0 aromatic heterocycles. The smallest absolute Gasteiger partial charge is 0.225 e. The topological polar surface area (TPSA) is 90.9 Å². The van der Waals surface area contributed by atoms with Crippen LogP contribution in [0.2, 0.25) is 10.0 Å². The van der Waals surface area contributed by atoms with E-state index in [1.165, 1.54) is 0 Å². The Bertz CT molecular complexity index is 882. The number of rotatable bonds is 14. The molecule has 1 atom stereocenters. The first kappa shape index (κ1) is 28.8. The molecule has 1 aliphatic rings. The number of carbonyl (C=O) groups excluding carboxylic acids is 3. The Morgan fingerprint density at radius 3 is 2.29 bits per heavy atom. The van der Waals surface area contributed by atoms with E-state index in [-0.39, 0.29) is 21.5 Å². The molecule has 34 heavy (non-hydrogen) atoms. The monoisotopic (exact) mass is 622 g/mol. The van der Waals surface area contributed by atoms with Crippen LogP contribution >= 0.6 is 45.8 Å². The third kappa shape index (κ3) is 10.9. The molecule has 1 unspecified atom stereocenters. The minimum atomic E-state index is -0.111. The van der Waals surface area contributed by atoms with Gasteiger partial charge >= 0.3 is 0 Å². The zero-order valence-corrected chi connectivity index (χ0v) is 23.2. The highest BCUT2D eigenvalue weighted by atomic mass is 127. The molecule has 188 valence electrons. The fourth-order valence-electron chi connectivity index (χ4n) is 3.60. The zero-order chi connectivity index (χ0) is 24.9. The molecule has 0 spiro atoms. The van der Waals surface area contributed by atoms with Gasteiger partial charge in [0.2, 0.25) is 11.8 Å². The first-order valence-electron chi connectivity index (χ1n) is 11.8. The van der Waals surface area contributed by atoms with Gasteiger partial charge in [0.1, 0.15) is 5.84 Å². The van der Waals surface area contributed by atoms with Crippen molar-refractivity contribution in [1.29, 1.82) is 0 Å². The highest BCUT2D eigenvalue weighted by molar-refractivity contribution is 14.1. The van der Waals surface area contributed by atoms with Crippen LogP contribution in [-0.2, 0) is 14.4 Å². The van der Waals surface area contributed by atoms with Crippen molar-refractivity contribution in [2.24, 2.45) is 11.0 Å². The molecule has 1 heterocycles. The van der Waals surface area contributed by atoms with Gasteiger partial charge in [-0.15, -0.1) is 0 Å². The second-order valence-electron chi connectivity index (χ2n) is 8.54. The predicted octanol–water partition coefficient (Wildman–Crippen LogP) is 5.86. The standard InChI is InChI=1S/C24H33Cl2IN4O3/c1-17-16-31(18-12-13-19(25)20(26)15-18)30-24(17)29-23(34)11-8-14-28-22(33)10-7-5-3-2-4-6-9-21(27)32/h12-13,15,17H,2-11,14,16H2,1H3,(H,28,33)(H,29,30,34). The highest BCUT2D eigenvalue weighted by Crippen LogP contribution is 2.29. The number of amidine groups is 1. The Morgan fingerprint density at radius 1 is 0.971 bits per heavy atom. The second-order valence-corrected chi connectivity index (χ2v) is 10.6. The van der Waals surface area contributed by atoms with E-state index in [2.05, 4.69) is 15.7 Å². The summed E-state index contributed by atoms with van der Waals surface area (Å²) in [6, 6.07) is 5.32. The van der Waals surface area contributed by atoms with E-state index >= 15 is 0 Å². The lowest BCUT2D eigenvalue weighted by Crippen LogP contribution is -2.34. The molecule has 0 saturated carbocycles. The third-order valence-electron chi connectivity index (χ3n) is 5.54. The van der Waals surface area contributed by atoms with Gasteiger partial charge in [-0.05, 0) is 60.1 Å². The van der Waals surface area contributed by atoms with Crippen LogP contribution in [0.5, 0.6) is 0 Å². The van der Waals surface area contributed by atoms with Gasteiger partial charge in [0.15, 0.2) is 3.79 Å². The molecule has 0 aliphatic carbocycles. The summed E-state index contributed by atoms with van der Waals surface area (Å²) >= 11 is 13.9. The number of carbonyl (C=O) groups is 3. The summed E-state index contributed by atoms with van der Waals surface area (Å²) in [6.07, 6.45) is 8.17. The van der Waals surface area contributed by atoms with Crippen molar-refractivity contribution >= 4 is 72.9 Å². The number of anilines is 1. The molecular formula is C24H33Cl2IN4O3. The van der Waals surface area contributed by atoms with Crippen LogP contribution in [0.1, 0.15) is 71.1 Å². The Balaban J connectivity index is 1.56. The molecule has 0 radical (unpaired) electrons. The summed E-state index contributed by atoms with van der Waals surface area (Å²) in [5.41, 5.74) is 0.820. The maximum atomic E-state index is 12.3. The van der Waals surface area contributed by atoms with Gasteiger partial charge in [-0.25, -0.2) is 0 Å². The number of amides is 2. The maximum absolute atomic E-state index is 12.3. The van der Waals surface area contributed by atoms with E-state index < -0.39 is 0 Å². The van der Waals surface area contributed by atoms with Gasteiger partial charge in [0.25, 0.3) is 0 Å². The van der Waals surface area contributed by atoms with Gasteiger partial charge < -0.3 is 10.6 Å². The molecule has 0 bridgehead atoms. The first-order valence-corrected chi connectivity index (χ1v) is 13.7. The Morgan fingerprint density at radius 2 is 1.62 bits per heavy atom. The number of benzene rings is 1. The summed E-state index contributed by atoms with van der Waals surface area (Å²) in [5, 5.41) is 13.0. The summed E-state index contributed by atoms with van der Waals surface area (Å²) in [7, 11) is 0. The van der Waals surface area contributed by atoms with Crippen LogP contribution in [0, 0.1) is 5.92 Å². The molecular weight excluding hydrogens is 590 g/mol. The van der Waals surface area contributed by atoms with Crippen molar-refractivity contribution in [3.05, 3.63) is 28.2 Å². The summed E-state index contributed by atoms with van der Waals surface area (Å²) < 4.78 is 0.222. The Hall–Kier alpha value is -1.39. The third-order valence-corrected chi connectivity index (χ3v) is 6.82. The Kier molecular flexibility index (Phi) is 13.2. The molecule has 1 aromatic rings.